The summed E-state index contributed by atoms with van der Waals surface area (Å²) in [4.78, 5) is 19.9. The average Bonchev–Trinajstić information content (AvgIpc) is 1.82. The molecular formula is C5H6O4. The van der Waals surface area contributed by atoms with Gasteiger partial charge < -0.3 is 9.84 Å². The maximum atomic E-state index is 10.1. The second kappa shape index (κ2) is 3.65. The molecule has 1 N–H and O–H groups in total. The number of carboxylic acid groups (broad SMARTS) is 1. The van der Waals surface area contributed by atoms with Crippen molar-refractivity contribution in [2.45, 2.75) is 0 Å². The highest BCUT2D eigenvalue weighted by Crippen LogP contribution is 1.76. The molecule has 9 heavy (non-hydrogen) atoms. The lowest BCUT2D eigenvalue weighted by molar-refractivity contribution is -0.146. The SMILES string of the molecule is COC=CC(=O)C(=O)O. The number of ether oxygens (including phenoxy) is 1. The molecule has 0 saturated heterocycles. The third-order valence-electron chi connectivity index (χ3n) is 0.566. The fraction of sp³-hybridized carbons (Fsp3) is 0.200. The van der Waals surface area contributed by atoms with Crippen LogP contribution in [-0.4, -0.2) is 24.0 Å². The van der Waals surface area contributed by atoms with Crippen LogP contribution in [0, 0.1) is 0 Å². The first-order valence-electron chi connectivity index (χ1n) is 2.15. The van der Waals surface area contributed by atoms with Gasteiger partial charge >= 0.3 is 5.97 Å². The van der Waals surface area contributed by atoms with Gasteiger partial charge in [-0.3, -0.25) is 4.79 Å². The van der Waals surface area contributed by atoms with E-state index >= 15 is 0 Å². The van der Waals surface area contributed by atoms with Crippen molar-refractivity contribution in [1.82, 2.24) is 0 Å². The van der Waals surface area contributed by atoms with Gasteiger partial charge in [-0.1, -0.05) is 0 Å². The average molecular weight is 130 g/mol. The largest absolute Gasteiger partial charge is 0.504 e. The van der Waals surface area contributed by atoms with E-state index in [4.69, 9.17) is 5.11 Å². The predicted molar refractivity (Wildman–Crippen MR) is 28.8 cm³/mol. The minimum absolute atomic E-state index is 0.836. The van der Waals surface area contributed by atoms with Gasteiger partial charge in [0.15, 0.2) is 0 Å². The first kappa shape index (κ1) is 7.68. The lowest BCUT2D eigenvalue weighted by atomic mass is 10.4. The molecule has 4 heteroatoms. The molecule has 0 aliphatic carbocycles. The highest BCUT2D eigenvalue weighted by atomic mass is 16.5. The Morgan fingerprint density at radius 1 is 1.56 bits per heavy atom. The van der Waals surface area contributed by atoms with Gasteiger partial charge in [-0.15, -0.1) is 0 Å². The molecule has 4 nitrogen and oxygen atoms in total. The molecule has 0 radical (unpaired) electrons. The van der Waals surface area contributed by atoms with E-state index < -0.39 is 11.8 Å². The van der Waals surface area contributed by atoms with E-state index in [0.29, 0.717) is 0 Å². The van der Waals surface area contributed by atoms with Crippen LogP contribution >= 0.6 is 0 Å². The van der Waals surface area contributed by atoms with Gasteiger partial charge in [0.2, 0.25) is 0 Å². The summed E-state index contributed by atoms with van der Waals surface area (Å²) in [7, 11) is 1.33. The molecular weight excluding hydrogens is 124 g/mol. The number of carboxylic acids is 1. The van der Waals surface area contributed by atoms with Gasteiger partial charge in [-0.25, -0.2) is 4.79 Å². The topological polar surface area (TPSA) is 63.6 Å². The molecule has 0 heterocycles. The summed E-state index contributed by atoms with van der Waals surface area (Å²) in [6.07, 6.45) is 1.85. The standard InChI is InChI=1S/C5H6O4/c1-9-3-2-4(6)5(7)8/h2-3H,1H3,(H,7,8). The number of ketones is 1. The molecule has 0 amide bonds. The maximum Gasteiger partial charge on any atom is 0.376 e. The maximum absolute atomic E-state index is 10.1. The monoisotopic (exact) mass is 130 g/mol. The number of aliphatic carboxylic acids is 1. The van der Waals surface area contributed by atoms with Crippen molar-refractivity contribution >= 4 is 11.8 Å². The second-order valence-electron chi connectivity index (χ2n) is 1.21. The molecule has 0 aromatic carbocycles. The van der Waals surface area contributed by atoms with Gasteiger partial charge in [-0.05, 0) is 0 Å². The van der Waals surface area contributed by atoms with Crippen LogP contribution in [-0.2, 0) is 14.3 Å². The van der Waals surface area contributed by atoms with Crippen molar-refractivity contribution < 1.29 is 19.4 Å². The fourth-order valence-electron chi connectivity index (χ4n) is 0.201. The summed E-state index contributed by atoms with van der Waals surface area (Å²) in [5, 5.41) is 7.95. The van der Waals surface area contributed by atoms with Gasteiger partial charge in [-0.2, -0.15) is 0 Å². The Morgan fingerprint density at radius 2 is 2.11 bits per heavy atom. The van der Waals surface area contributed by atoms with Crippen molar-refractivity contribution in [3.63, 3.8) is 0 Å². The third kappa shape index (κ3) is 3.28. The van der Waals surface area contributed by atoms with E-state index in [1.807, 2.05) is 0 Å². The zero-order chi connectivity index (χ0) is 7.28. The number of methoxy groups -OCH3 is 1. The van der Waals surface area contributed by atoms with Crippen LogP contribution in [0.4, 0.5) is 0 Å². The Hall–Kier alpha value is -1.32. The van der Waals surface area contributed by atoms with E-state index in [1.165, 1.54) is 7.11 Å². The molecule has 0 saturated carbocycles. The zero-order valence-corrected chi connectivity index (χ0v) is 4.83. The normalized spacial score (nSPS) is 9.44. The molecule has 0 atom stereocenters. The van der Waals surface area contributed by atoms with Gasteiger partial charge in [0.05, 0.1) is 13.4 Å². The van der Waals surface area contributed by atoms with Crippen LogP contribution in [0.5, 0.6) is 0 Å². The van der Waals surface area contributed by atoms with Crippen molar-refractivity contribution in [1.29, 1.82) is 0 Å². The van der Waals surface area contributed by atoms with Gasteiger partial charge in [0, 0.05) is 6.08 Å². The number of carbonyl (C=O) groups is 2. The van der Waals surface area contributed by atoms with Gasteiger partial charge in [0.25, 0.3) is 5.78 Å². The van der Waals surface area contributed by atoms with Crippen LogP contribution in [0.3, 0.4) is 0 Å². The number of rotatable bonds is 3. The summed E-state index contributed by atoms with van der Waals surface area (Å²) >= 11 is 0. The molecule has 0 bridgehead atoms. The molecule has 50 valence electrons. The van der Waals surface area contributed by atoms with Crippen LogP contribution in [0.25, 0.3) is 0 Å². The smallest absolute Gasteiger partial charge is 0.376 e. The molecule has 0 unspecified atom stereocenters. The molecule has 0 rings (SSSR count). The summed E-state index contributed by atoms with van der Waals surface area (Å²) in [5.41, 5.74) is 0. The quantitative estimate of drug-likeness (QED) is 0.326. The third-order valence-corrected chi connectivity index (χ3v) is 0.566. The first-order chi connectivity index (χ1) is 4.18. The van der Waals surface area contributed by atoms with Crippen molar-refractivity contribution in [2.75, 3.05) is 7.11 Å². The van der Waals surface area contributed by atoms with Crippen molar-refractivity contribution in [3.05, 3.63) is 12.3 Å². The van der Waals surface area contributed by atoms with Crippen LogP contribution in [0.1, 0.15) is 0 Å². The summed E-state index contributed by atoms with van der Waals surface area (Å²) in [6, 6.07) is 0. The number of carbonyl (C=O) groups excluding carboxylic acids is 1. The number of hydrogen-bond donors (Lipinski definition) is 1. The Balaban J connectivity index is 3.77. The molecule has 0 aliphatic rings. The van der Waals surface area contributed by atoms with Crippen LogP contribution < -0.4 is 0 Å². The molecule has 0 aliphatic heterocycles. The highest BCUT2D eigenvalue weighted by Gasteiger charge is 2.04. The predicted octanol–water partition coefficient (Wildman–Crippen LogP) is -0.200. The molecule has 0 fully saturated rings. The van der Waals surface area contributed by atoms with Gasteiger partial charge in [0.1, 0.15) is 0 Å². The van der Waals surface area contributed by atoms with E-state index in [9.17, 15) is 9.59 Å². The Morgan fingerprint density at radius 3 is 2.44 bits per heavy atom. The van der Waals surface area contributed by atoms with E-state index in [0.717, 1.165) is 12.3 Å². The Kier molecular flexibility index (Phi) is 3.12. The molecule has 0 aromatic heterocycles. The first-order valence-corrected chi connectivity index (χ1v) is 2.15. The highest BCUT2D eigenvalue weighted by molar-refractivity contribution is 6.37. The lowest BCUT2D eigenvalue weighted by Crippen LogP contribution is -2.08. The van der Waals surface area contributed by atoms with Crippen LogP contribution in [0.15, 0.2) is 12.3 Å². The second-order valence-corrected chi connectivity index (χ2v) is 1.21. The molecule has 0 aromatic rings. The summed E-state index contributed by atoms with van der Waals surface area (Å²) in [5.74, 6) is -2.47. The summed E-state index contributed by atoms with van der Waals surface area (Å²) in [6.45, 7) is 0. The minimum atomic E-state index is -1.48. The van der Waals surface area contributed by atoms with Crippen LogP contribution in [0.2, 0.25) is 0 Å². The fourth-order valence-corrected chi connectivity index (χ4v) is 0.201. The minimum Gasteiger partial charge on any atom is -0.504 e. The van der Waals surface area contributed by atoms with E-state index in [-0.39, 0.29) is 0 Å². The lowest BCUT2D eigenvalue weighted by Gasteiger charge is -1.83. The van der Waals surface area contributed by atoms with E-state index in [2.05, 4.69) is 4.74 Å². The van der Waals surface area contributed by atoms with Crippen molar-refractivity contribution in [3.8, 4) is 0 Å². The zero-order valence-electron chi connectivity index (χ0n) is 4.83. The number of hydrogen-bond acceptors (Lipinski definition) is 3. The Bertz CT molecular complexity index is 147. The molecule has 0 spiro atoms. The summed E-state index contributed by atoms with van der Waals surface area (Å²) < 4.78 is 4.30. The Labute approximate surface area is 51.7 Å². The van der Waals surface area contributed by atoms with E-state index in [1.54, 1.807) is 0 Å². The van der Waals surface area contributed by atoms with Crippen molar-refractivity contribution in [2.24, 2.45) is 0 Å².